The molecule has 0 saturated heterocycles. The molecule has 0 saturated carbocycles. The molecule has 2 aromatic carbocycles. The van der Waals surface area contributed by atoms with Gasteiger partial charge in [-0.15, -0.1) is 0 Å². The highest BCUT2D eigenvalue weighted by molar-refractivity contribution is 5.91. The van der Waals surface area contributed by atoms with Crippen LogP contribution in [0.5, 0.6) is 5.75 Å². The van der Waals surface area contributed by atoms with Crippen LogP contribution in [-0.4, -0.2) is 22.7 Å². The summed E-state index contributed by atoms with van der Waals surface area (Å²) in [6.07, 6.45) is 0.702. The van der Waals surface area contributed by atoms with Crippen LogP contribution < -0.4 is 10.1 Å². The molecule has 6 nitrogen and oxygen atoms in total. The quantitative estimate of drug-likeness (QED) is 0.743. The predicted molar refractivity (Wildman–Crippen MR) is 89.6 cm³/mol. The largest absolute Gasteiger partial charge is 0.484 e. The van der Waals surface area contributed by atoms with Crippen molar-refractivity contribution < 1.29 is 18.4 Å². The molecule has 0 aliphatic rings. The monoisotopic (exact) mass is 341 g/mol. The van der Waals surface area contributed by atoms with Crippen LogP contribution in [0.4, 0.5) is 10.1 Å². The summed E-state index contributed by atoms with van der Waals surface area (Å²) in [5.41, 5.74) is 1.28. The second-order valence-corrected chi connectivity index (χ2v) is 5.24. The Hall–Kier alpha value is -3.22. The number of anilines is 1. The summed E-state index contributed by atoms with van der Waals surface area (Å²) >= 11 is 0. The van der Waals surface area contributed by atoms with Gasteiger partial charge in [0, 0.05) is 17.7 Å². The minimum atomic E-state index is -0.360. The average molecular weight is 341 g/mol. The molecule has 0 atom stereocenters. The first kappa shape index (κ1) is 16.6. The lowest BCUT2D eigenvalue weighted by atomic mass is 10.2. The second kappa shape index (κ2) is 7.57. The van der Waals surface area contributed by atoms with Crippen molar-refractivity contribution in [1.29, 1.82) is 0 Å². The van der Waals surface area contributed by atoms with Gasteiger partial charge in [-0.3, -0.25) is 4.79 Å². The van der Waals surface area contributed by atoms with E-state index in [0.717, 1.165) is 5.56 Å². The van der Waals surface area contributed by atoms with Crippen LogP contribution in [0.25, 0.3) is 11.5 Å². The maximum Gasteiger partial charge on any atom is 0.262 e. The van der Waals surface area contributed by atoms with Crippen LogP contribution in [0.1, 0.15) is 12.7 Å². The van der Waals surface area contributed by atoms with E-state index in [2.05, 4.69) is 15.5 Å². The molecule has 0 radical (unpaired) electrons. The zero-order chi connectivity index (χ0) is 17.6. The van der Waals surface area contributed by atoms with Crippen LogP contribution in [0.15, 0.2) is 53.1 Å². The highest BCUT2D eigenvalue weighted by atomic mass is 19.1. The van der Waals surface area contributed by atoms with Crippen molar-refractivity contribution in [2.24, 2.45) is 0 Å². The van der Waals surface area contributed by atoms with E-state index in [9.17, 15) is 9.18 Å². The van der Waals surface area contributed by atoms with Gasteiger partial charge in [-0.1, -0.05) is 12.1 Å². The highest BCUT2D eigenvalue weighted by Crippen LogP contribution is 2.21. The van der Waals surface area contributed by atoms with E-state index in [1.807, 2.05) is 6.92 Å². The Balaban J connectivity index is 1.54. The summed E-state index contributed by atoms with van der Waals surface area (Å²) in [4.78, 5) is 16.1. The third kappa shape index (κ3) is 4.41. The molecule has 0 aliphatic heterocycles. The molecule has 0 aliphatic carbocycles. The van der Waals surface area contributed by atoms with Crippen LogP contribution in [0.2, 0.25) is 0 Å². The Morgan fingerprint density at radius 2 is 1.88 bits per heavy atom. The van der Waals surface area contributed by atoms with Gasteiger partial charge in [-0.05, 0) is 48.5 Å². The van der Waals surface area contributed by atoms with Gasteiger partial charge >= 0.3 is 0 Å². The number of halogens is 1. The number of nitrogens with zero attached hydrogens (tertiary/aromatic N) is 2. The molecule has 1 amide bonds. The van der Waals surface area contributed by atoms with E-state index in [0.29, 0.717) is 29.6 Å². The van der Waals surface area contributed by atoms with Crippen LogP contribution >= 0.6 is 0 Å². The lowest BCUT2D eigenvalue weighted by Gasteiger charge is -2.07. The number of aromatic nitrogens is 2. The lowest BCUT2D eigenvalue weighted by molar-refractivity contribution is -0.118. The van der Waals surface area contributed by atoms with Gasteiger partial charge in [0.1, 0.15) is 11.6 Å². The highest BCUT2D eigenvalue weighted by Gasteiger charge is 2.08. The van der Waals surface area contributed by atoms with Crippen molar-refractivity contribution in [3.05, 3.63) is 60.2 Å². The van der Waals surface area contributed by atoms with E-state index in [1.165, 1.54) is 24.3 Å². The standard InChI is InChI=1S/C18H16FN3O3/c1-2-16-21-18(25-22-16)12-3-9-15(10-4-12)24-11-17(23)20-14-7-5-13(19)6-8-14/h3-10H,2,11H2,1H3,(H,20,23). The van der Waals surface area contributed by atoms with Gasteiger partial charge in [0.05, 0.1) is 0 Å². The van der Waals surface area contributed by atoms with Gasteiger partial charge in [-0.25, -0.2) is 4.39 Å². The van der Waals surface area contributed by atoms with E-state index in [-0.39, 0.29) is 18.3 Å². The van der Waals surface area contributed by atoms with Gasteiger partial charge < -0.3 is 14.6 Å². The topological polar surface area (TPSA) is 77.2 Å². The third-order valence-corrected chi connectivity index (χ3v) is 3.38. The smallest absolute Gasteiger partial charge is 0.262 e. The average Bonchev–Trinajstić information content (AvgIpc) is 3.12. The zero-order valence-corrected chi connectivity index (χ0v) is 13.5. The minimum absolute atomic E-state index is 0.155. The number of carbonyl (C=O) groups is 1. The Morgan fingerprint density at radius 3 is 2.52 bits per heavy atom. The molecule has 1 heterocycles. The van der Waals surface area contributed by atoms with Gasteiger partial charge in [0.25, 0.3) is 11.8 Å². The third-order valence-electron chi connectivity index (χ3n) is 3.38. The first-order valence-corrected chi connectivity index (χ1v) is 7.75. The molecule has 0 unspecified atom stereocenters. The lowest BCUT2D eigenvalue weighted by Crippen LogP contribution is -2.20. The number of benzene rings is 2. The van der Waals surface area contributed by atoms with Crippen LogP contribution in [0.3, 0.4) is 0 Å². The Morgan fingerprint density at radius 1 is 1.16 bits per heavy atom. The SMILES string of the molecule is CCc1noc(-c2ccc(OCC(=O)Nc3ccc(F)cc3)cc2)n1. The van der Waals surface area contributed by atoms with Gasteiger partial charge in [0.2, 0.25) is 0 Å². The summed E-state index contributed by atoms with van der Waals surface area (Å²) in [6, 6.07) is 12.5. The normalized spacial score (nSPS) is 10.5. The number of hydrogen-bond donors (Lipinski definition) is 1. The molecule has 7 heteroatoms. The van der Waals surface area contributed by atoms with Gasteiger partial charge in [0.15, 0.2) is 12.4 Å². The number of ether oxygens (including phenoxy) is 1. The maximum absolute atomic E-state index is 12.8. The van der Waals surface area contributed by atoms with E-state index in [1.54, 1.807) is 24.3 Å². The summed E-state index contributed by atoms with van der Waals surface area (Å²) < 4.78 is 23.4. The molecule has 1 N–H and O–H groups in total. The zero-order valence-electron chi connectivity index (χ0n) is 13.5. The van der Waals surface area contributed by atoms with Crippen LogP contribution in [-0.2, 0) is 11.2 Å². The number of amides is 1. The molecular formula is C18H16FN3O3. The van der Waals surface area contributed by atoms with Crippen molar-refractivity contribution in [2.45, 2.75) is 13.3 Å². The molecule has 128 valence electrons. The van der Waals surface area contributed by atoms with E-state index < -0.39 is 0 Å². The molecule has 0 fully saturated rings. The molecule has 0 spiro atoms. The molecule has 0 bridgehead atoms. The van der Waals surface area contributed by atoms with Crippen LogP contribution in [0, 0.1) is 5.82 Å². The summed E-state index contributed by atoms with van der Waals surface area (Å²) in [5.74, 6) is 0.931. The van der Waals surface area contributed by atoms with Crippen molar-refractivity contribution >= 4 is 11.6 Å². The number of nitrogens with one attached hydrogen (secondary N) is 1. The Bertz CT molecular complexity index is 845. The van der Waals surface area contributed by atoms with Crippen molar-refractivity contribution in [1.82, 2.24) is 10.1 Å². The van der Waals surface area contributed by atoms with E-state index in [4.69, 9.17) is 9.26 Å². The van der Waals surface area contributed by atoms with Gasteiger partial charge in [-0.2, -0.15) is 4.98 Å². The first-order valence-electron chi connectivity index (χ1n) is 7.75. The number of hydrogen-bond acceptors (Lipinski definition) is 5. The summed E-state index contributed by atoms with van der Waals surface area (Å²) in [6.45, 7) is 1.79. The van der Waals surface area contributed by atoms with Crippen molar-refractivity contribution in [2.75, 3.05) is 11.9 Å². The number of rotatable bonds is 6. The number of carbonyl (C=O) groups excluding carboxylic acids is 1. The van der Waals surface area contributed by atoms with Crippen molar-refractivity contribution in [3.63, 3.8) is 0 Å². The fourth-order valence-electron chi connectivity index (χ4n) is 2.09. The van der Waals surface area contributed by atoms with Crippen molar-refractivity contribution in [3.8, 4) is 17.2 Å². The Kier molecular flexibility index (Phi) is 5.03. The summed E-state index contributed by atoms with van der Waals surface area (Å²) in [7, 11) is 0. The van der Waals surface area contributed by atoms with E-state index >= 15 is 0 Å². The summed E-state index contributed by atoms with van der Waals surface area (Å²) in [5, 5.41) is 6.47. The fourth-order valence-corrected chi connectivity index (χ4v) is 2.09. The predicted octanol–water partition coefficient (Wildman–Crippen LogP) is 3.46. The fraction of sp³-hybridized carbons (Fsp3) is 0.167. The molecular weight excluding hydrogens is 325 g/mol. The minimum Gasteiger partial charge on any atom is -0.484 e. The molecule has 3 aromatic rings. The molecule has 3 rings (SSSR count). The first-order chi connectivity index (χ1) is 12.1. The second-order valence-electron chi connectivity index (χ2n) is 5.24. The Labute approximate surface area is 143 Å². The molecule has 25 heavy (non-hydrogen) atoms. The maximum atomic E-state index is 12.8. The molecule has 1 aromatic heterocycles. The number of aryl methyl sites for hydroxylation is 1.